The van der Waals surface area contributed by atoms with Crippen LogP contribution in [0.2, 0.25) is 5.02 Å². The van der Waals surface area contributed by atoms with E-state index in [9.17, 15) is 9.59 Å². The van der Waals surface area contributed by atoms with Crippen molar-refractivity contribution in [1.29, 1.82) is 0 Å². The Bertz CT molecular complexity index is 1330. The molecule has 4 rings (SSSR count). The zero-order valence-electron chi connectivity index (χ0n) is 16.2. The van der Waals surface area contributed by atoms with E-state index in [4.69, 9.17) is 16.3 Å². The topological polar surface area (TPSA) is 86.1 Å². The molecule has 0 bridgehead atoms. The fourth-order valence-corrected chi connectivity index (χ4v) is 3.38. The minimum Gasteiger partial charge on any atom is -0.496 e. The quantitative estimate of drug-likeness (QED) is 0.539. The van der Waals surface area contributed by atoms with E-state index in [1.54, 1.807) is 61.7 Å². The first-order valence-electron chi connectivity index (χ1n) is 9.07. The van der Waals surface area contributed by atoms with Crippen LogP contribution in [0.4, 0.5) is 5.69 Å². The van der Waals surface area contributed by atoms with Gasteiger partial charge in [-0.25, -0.2) is 9.97 Å². The molecule has 0 aliphatic heterocycles. The lowest BCUT2D eigenvalue weighted by molar-refractivity contribution is 0.102. The number of anilines is 1. The average Bonchev–Trinajstić information content (AvgIpc) is 2.74. The van der Waals surface area contributed by atoms with Crippen molar-refractivity contribution in [2.24, 2.45) is 0 Å². The number of pyridine rings is 1. The van der Waals surface area contributed by atoms with Crippen molar-refractivity contribution in [3.8, 4) is 11.4 Å². The lowest BCUT2D eigenvalue weighted by atomic mass is 10.1. The molecule has 0 atom stereocenters. The van der Waals surface area contributed by atoms with E-state index >= 15 is 0 Å². The normalized spacial score (nSPS) is 10.8. The van der Waals surface area contributed by atoms with Gasteiger partial charge in [-0.3, -0.25) is 14.2 Å². The van der Waals surface area contributed by atoms with Crippen LogP contribution in [0.5, 0.6) is 5.75 Å². The number of halogens is 1. The van der Waals surface area contributed by atoms with Crippen LogP contribution in [0.25, 0.3) is 16.7 Å². The van der Waals surface area contributed by atoms with Gasteiger partial charge < -0.3 is 10.1 Å². The Morgan fingerprint density at radius 1 is 1.13 bits per heavy atom. The Hall–Kier alpha value is -3.71. The molecular weight excluding hydrogens is 404 g/mol. The van der Waals surface area contributed by atoms with E-state index in [1.165, 1.54) is 17.7 Å². The Labute approximate surface area is 176 Å². The average molecular weight is 421 g/mol. The van der Waals surface area contributed by atoms with Crippen molar-refractivity contribution in [3.63, 3.8) is 0 Å². The number of hydrogen-bond acceptors (Lipinski definition) is 5. The summed E-state index contributed by atoms with van der Waals surface area (Å²) in [7, 11) is 1.48. The van der Waals surface area contributed by atoms with E-state index in [0.717, 1.165) is 0 Å². The van der Waals surface area contributed by atoms with Crippen LogP contribution in [0.1, 0.15) is 16.2 Å². The summed E-state index contributed by atoms with van der Waals surface area (Å²) in [6, 6.07) is 15.1. The summed E-state index contributed by atoms with van der Waals surface area (Å²) in [4.78, 5) is 34.3. The standard InChI is InChI=1S/C22H17ClN4O3/c1-13-25-20-17(7-4-10-24-20)22(29)27(13)16-6-3-5-15(12-16)26-21(28)18-11-14(23)8-9-19(18)30-2/h3-12H,1-2H3,(H,26,28). The van der Waals surface area contributed by atoms with E-state index < -0.39 is 0 Å². The first kappa shape index (κ1) is 19.6. The van der Waals surface area contributed by atoms with E-state index in [2.05, 4.69) is 15.3 Å². The lowest BCUT2D eigenvalue weighted by Crippen LogP contribution is -2.23. The van der Waals surface area contributed by atoms with Crippen LogP contribution in [0.15, 0.2) is 65.6 Å². The number of nitrogens with zero attached hydrogens (tertiary/aromatic N) is 3. The maximum atomic E-state index is 13.0. The fourth-order valence-electron chi connectivity index (χ4n) is 3.21. The van der Waals surface area contributed by atoms with Crippen LogP contribution in [0.3, 0.4) is 0 Å². The summed E-state index contributed by atoms with van der Waals surface area (Å²) in [5.41, 5.74) is 1.56. The summed E-state index contributed by atoms with van der Waals surface area (Å²) >= 11 is 6.02. The number of benzene rings is 2. The van der Waals surface area contributed by atoms with Gasteiger partial charge in [-0.2, -0.15) is 0 Å². The molecule has 2 aromatic heterocycles. The molecule has 2 heterocycles. The summed E-state index contributed by atoms with van der Waals surface area (Å²) in [6.07, 6.45) is 1.60. The Balaban J connectivity index is 1.73. The number of nitrogens with one attached hydrogen (secondary N) is 1. The third kappa shape index (κ3) is 3.62. The highest BCUT2D eigenvalue weighted by molar-refractivity contribution is 6.31. The van der Waals surface area contributed by atoms with Crippen LogP contribution >= 0.6 is 11.6 Å². The van der Waals surface area contributed by atoms with Crippen LogP contribution in [-0.4, -0.2) is 27.6 Å². The molecule has 4 aromatic rings. The summed E-state index contributed by atoms with van der Waals surface area (Å²) < 4.78 is 6.73. The third-order valence-corrected chi connectivity index (χ3v) is 4.81. The number of amides is 1. The molecule has 0 aliphatic carbocycles. The minimum atomic E-state index is -0.378. The number of methoxy groups -OCH3 is 1. The van der Waals surface area contributed by atoms with Gasteiger partial charge in [0.25, 0.3) is 11.5 Å². The number of hydrogen-bond donors (Lipinski definition) is 1. The molecule has 150 valence electrons. The maximum absolute atomic E-state index is 13.0. The predicted octanol–water partition coefficient (Wildman–Crippen LogP) is 4.00. The second kappa shape index (κ2) is 7.96. The molecular formula is C22H17ClN4O3. The molecule has 0 radical (unpaired) electrons. The number of aryl methyl sites for hydroxylation is 1. The highest BCUT2D eigenvalue weighted by Gasteiger charge is 2.15. The molecule has 30 heavy (non-hydrogen) atoms. The van der Waals surface area contributed by atoms with Crippen molar-refractivity contribution >= 4 is 34.2 Å². The monoisotopic (exact) mass is 420 g/mol. The molecule has 0 fully saturated rings. The van der Waals surface area contributed by atoms with Gasteiger partial charge in [0.2, 0.25) is 0 Å². The van der Waals surface area contributed by atoms with E-state index in [-0.39, 0.29) is 11.5 Å². The number of ether oxygens (including phenoxy) is 1. The molecule has 0 unspecified atom stereocenters. The van der Waals surface area contributed by atoms with Gasteiger partial charge in [-0.05, 0) is 55.5 Å². The fraction of sp³-hybridized carbons (Fsp3) is 0.0909. The Morgan fingerprint density at radius 3 is 2.77 bits per heavy atom. The van der Waals surface area contributed by atoms with Gasteiger partial charge in [0, 0.05) is 16.9 Å². The molecule has 0 saturated heterocycles. The highest BCUT2D eigenvalue weighted by atomic mass is 35.5. The second-order valence-corrected chi connectivity index (χ2v) is 6.96. The summed E-state index contributed by atoms with van der Waals surface area (Å²) in [5, 5.41) is 3.66. The van der Waals surface area contributed by atoms with Gasteiger partial charge in [0.15, 0.2) is 5.65 Å². The molecule has 1 amide bonds. The van der Waals surface area contributed by atoms with Crippen molar-refractivity contribution in [2.45, 2.75) is 6.92 Å². The molecule has 8 heteroatoms. The van der Waals surface area contributed by atoms with E-state index in [0.29, 0.717) is 44.6 Å². The van der Waals surface area contributed by atoms with E-state index in [1.807, 2.05) is 0 Å². The molecule has 2 aromatic carbocycles. The number of carbonyl (C=O) groups excluding carboxylic acids is 1. The SMILES string of the molecule is COc1ccc(Cl)cc1C(=O)Nc1cccc(-n2c(C)nc3ncccc3c2=O)c1. The number of carbonyl (C=O) groups is 1. The van der Waals surface area contributed by atoms with Gasteiger partial charge >= 0.3 is 0 Å². The number of rotatable bonds is 4. The predicted molar refractivity (Wildman–Crippen MR) is 116 cm³/mol. The number of fused-ring (bicyclic) bond motifs is 1. The van der Waals surface area contributed by atoms with Gasteiger partial charge in [0.05, 0.1) is 23.7 Å². The Morgan fingerprint density at radius 2 is 1.97 bits per heavy atom. The van der Waals surface area contributed by atoms with Gasteiger partial charge in [-0.15, -0.1) is 0 Å². The van der Waals surface area contributed by atoms with Crippen molar-refractivity contribution in [3.05, 3.63) is 87.6 Å². The first-order chi connectivity index (χ1) is 14.5. The van der Waals surface area contributed by atoms with Gasteiger partial charge in [0.1, 0.15) is 11.6 Å². The maximum Gasteiger partial charge on any atom is 0.267 e. The van der Waals surface area contributed by atoms with Crippen LogP contribution in [-0.2, 0) is 0 Å². The molecule has 1 N–H and O–H groups in total. The van der Waals surface area contributed by atoms with Crippen molar-refractivity contribution in [1.82, 2.24) is 14.5 Å². The molecule has 7 nitrogen and oxygen atoms in total. The highest BCUT2D eigenvalue weighted by Crippen LogP contribution is 2.24. The molecule has 0 saturated carbocycles. The first-order valence-corrected chi connectivity index (χ1v) is 9.45. The molecule has 0 spiro atoms. The minimum absolute atomic E-state index is 0.231. The largest absolute Gasteiger partial charge is 0.496 e. The zero-order chi connectivity index (χ0) is 21.3. The second-order valence-electron chi connectivity index (χ2n) is 6.52. The van der Waals surface area contributed by atoms with Crippen LogP contribution < -0.4 is 15.6 Å². The smallest absolute Gasteiger partial charge is 0.267 e. The lowest BCUT2D eigenvalue weighted by Gasteiger charge is -2.13. The van der Waals surface area contributed by atoms with Crippen LogP contribution in [0, 0.1) is 6.92 Å². The summed E-state index contributed by atoms with van der Waals surface area (Å²) in [6.45, 7) is 1.73. The molecule has 0 aliphatic rings. The van der Waals surface area contributed by atoms with Crippen molar-refractivity contribution in [2.75, 3.05) is 12.4 Å². The third-order valence-electron chi connectivity index (χ3n) is 4.58. The Kier molecular flexibility index (Phi) is 5.20. The van der Waals surface area contributed by atoms with Gasteiger partial charge in [-0.1, -0.05) is 17.7 Å². The number of aromatic nitrogens is 3. The van der Waals surface area contributed by atoms with Crippen molar-refractivity contribution < 1.29 is 9.53 Å². The zero-order valence-corrected chi connectivity index (χ0v) is 17.0. The summed E-state index contributed by atoms with van der Waals surface area (Å²) in [5.74, 6) is 0.522.